The zero-order chi connectivity index (χ0) is 10.9. The number of phenols is 1. The zero-order valence-electron chi connectivity index (χ0n) is 8.34. The lowest BCUT2D eigenvalue weighted by Gasteiger charge is -2.16. The van der Waals surface area contributed by atoms with Crippen LogP contribution in [0, 0.1) is 6.92 Å². The third kappa shape index (κ3) is 1.79. The molecule has 0 saturated heterocycles. The number of halogens is 1. The molecule has 2 N–H and O–H groups in total. The number of benzene rings is 1. The predicted molar refractivity (Wildman–Crippen MR) is 55.0 cm³/mol. The summed E-state index contributed by atoms with van der Waals surface area (Å²) >= 11 is 5.84. The van der Waals surface area contributed by atoms with Crippen LogP contribution in [0.3, 0.4) is 0 Å². The number of phenolic OH excluding ortho intramolecular Hbond substituents is 1. The molecule has 78 valence electrons. The lowest BCUT2D eigenvalue weighted by molar-refractivity contribution is 0.193. The summed E-state index contributed by atoms with van der Waals surface area (Å²) in [5, 5.41) is 19.2. The van der Waals surface area contributed by atoms with Gasteiger partial charge in [0.05, 0.1) is 18.2 Å². The summed E-state index contributed by atoms with van der Waals surface area (Å²) in [4.78, 5) is 0. The maximum Gasteiger partial charge on any atom is 0.138 e. The van der Waals surface area contributed by atoms with E-state index in [1.54, 1.807) is 13.8 Å². The van der Waals surface area contributed by atoms with Crippen LogP contribution in [0.15, 0.2) is 6.07 Å². The van der Waals surface area contributed by atoms with Gasteiger partial charge in [-0.3, -0.25) is 0 Å². The van der Waals surface area contributed by atoms with Gasteiger partial charge >= 0.3 is 0 Å². The molecule has 0 heterocycles. The van der Waals surface area contributed by atoms with Crippen LogP contribution in [0.4, 0.5) is 0 Å². The van der Waals surface area contributed by atoms with E-state index in [0.29, 0.717) is 16.9 Å². The summed E-state index contributed by atoms with van der Waals surface area (Å²) < 4.78 is 5.04. The first kappa shape index (κ1) is 11.1. The molecular weight excluding hydrogens is 204 g/mol. The number of aliphatic hydroxyl groups excluding tert-OH is 1. The number of rotatable bonds is 2. The Morgan fingerprint density at radius 3 is 2.50 bits per heavy atom. The molecule has 1 aromatic rings. The second-order valence-electron chi connectivity index (χ2n) is 3.13. The van der Waals surface area contributed by atoms with Crippen LogP contribution in [0.25, 0.3) is 0 Å². The van der Waals surface area contributed by atoms with Gasteiger partial charge in [0, 0.05) is 11.6 Å². The molecule has 0 aliphatic heterocycles. The van der Waals surface area contributed by atoms with Gasteiger partial charge in [-0.1, -0.05) is 11.6 Å². The monoisotopic (exact) mass is 216 g/mol. The van der Waals surface area contributed by atoms with Crippen molar-refractivity contribution in [1.82, 2.24) is 0 Å². The van der Waals surface area contributed by atoms with Crippen LogP contribution in [-0.4, -0.2) is 17.3 Å². The number of hydrogen-bond donors (Lipinski definition) is 2. The normalized spacial score (nSPS) is 12.6. The summed E-state index contributed by atoms with van der Waals surface area (Å²) in [6.07, 6.45) is -0.678. The van der Waals surface area contributed by atoms with Crippen LogP contribution in [0.5, 0.6) is 11.5 Å². The molecular formula is C10H13ClO3. The number of aliphatic hydroxyl groups is 1. The summed E-state index contributed by atoms with van der Waals surface area (Å²) in [6, 6.07) is 1.40. The lowest BCUT2D eigenvalue weighted by Crippen LogP contribution is -2.00. The topological polar surface area (TPSA) is 49.7 Å². The average molecular weight is 217 g/mol. The van der Waals surface area contributed by atoms with Crippen LogP contribution >= 0.6 is 11.6 Å². The Hall–Kier alpha value is -0.930. The molecule has 3 nitrogen and oxygen atoms in total. The smallest absolute Gasteiger partial charge is 0.138 e. The van der Waals surface area contributed by atoms with Crippen LogP contribution < -0.4 is 4.74 Å². The van der Waals surface area contributed by atoms with Gasteiger partial charge in [-0.2, -0.15) is 0 Å². The summed E-state index contributed by atoms with van der Waals surface area (Å²) in [6.45, 7) is 3.35. The van der Waals surface area contributed by atoms with Crippen LogP contribution in [0.1, 0.15) is 24.2 Å². The van der Waals surface area contributed by atoms with Crippen molar-refractivity contribution in [3.05, 3.63) is 22.2 Å². The van der Waals surface area contributed by atoms with Crippen molar-refractivity contribution < 1.29 is 14.9 Å². The van der Waals surface area contributed by atoms with E-state index < -0.39 is 6.10 Å². The van der Waals surface area contributed by atoms with E-state index in [4.69, 9.17) is 16.3 Å². The van der Waals surface area contributed by atoms with Crippen LogP contribution in [-0.2, 0) is 0 Å². The van der Waals surface area contributed by atoms with Crippen molar-refractivity contribution in [3.8, 4) is 11.5 Å². The third-order valence-corrected chi connectivity index (χ3v) is 2.61. The van der Waals surface area contributed by atoms with E-state index >= 15 is 0 Å². The fourth-order valence-corrected chi connectivity index (χ4v) is 1.60. The van der Waals surface area contributed by atoms with E-state index in [2.05, 4.69) is 0 Å². The molecule has 0 spiro atoms. The maximum atomic E-state index is 9.51. The molecule has 1 aromatic carbocycles. The molecule has 0 aliphatic rings. The van der Waals surface area contributed by atoms with Gasteiger partial charge in [-0.15, -0.1) is 0 Å². The fraction of sp³-hybridized carbons (Fsp3) is 0.400. The highest BCUT2D eigenvalue weighted by Gasteiger charge is 2.17. The minimum atomic E-state index is -0.678. The molecule has 0 radical (unpaired) electrons. The molecule has 1 atom stereocenters. The predicted octanol–water partition coefficient (Wildman–Crippen LogP) is 2.42. The van der Waals surface area contributed by atoms with Gasteiger partial charge in [0.25, 0.3) is 0 Å². The SMILES string of the molecule is COc1cc(O)c(Cl)c(C)c1C(C)O. The van der Waals surface area contributed by atoms with Crippen molar-refractivity contribution in [1.29, 1.82) is 0 Å². The van der Waals surface area contributed by atoms with Crippen molar-refractivity contribution in [2.45, 2.75) is 20.0 Å². The van der Waals surface area contributed by atoms with Gasteiger partial charge in [0.1, 0.15) is 11.5 Å². The molecule has 1 unspecified atom stereocenters. The van der Waals surface area contributed by atoms with Crippen molar-refractivity contribution in [3.63, 3.8) is 0 Å². The number of aromatic hydroxyl groups is 1. The molecule has 0 fully saturated rings. The van der Waals surface area contributed by atoms with E-state index in [9.17, 15) is 10.2 Å². The third-order valence-electron chi connectivity index (χ3n) is 2.13. The van der Waals surface area contributed by atoms with Gasteiger partial charge < -0.3 is 14.9 Å². The lowest BCUT2D eigenvalue weighted by atomic mass is 10.0. The van der Waals surface area contributed by atoms with Gasteiger partial charge in [-0.05, 0) is 19.4 Å². The standard InChI is InChI=1S/C10H13ClO3/c1-5-9(6(2)12)8(14-3)4-7(13)10(5)11/h4,6,12-13H,1-3H3. The average Bonchev–Trinajstić information content (AvgIpc) is 2.12. The molecule has 0 saturated carbocycles. The molecule has 0 bridgehead atoms. The first-order valence-electron chi connectivity index (χ1n) is 4.23. The molecule has 0 amide bonds. The van der Waals surface area contributed by atoms with E-state index in [0.717, 1.165) is 0 Å². The van der Waals surface area contributed by atoms with Crippen LogP contribution in [0.2, 0.25) is 5.02 Å². The van der Waals surface area contributed by atoms with E-state index in [-0.39, 0.29) is 10.8 Å². The van der Waals surface area contributed by atoms with Gasteiger partial charge in [0.15, 0.2) is 0 Å². The van der Waals surface area contributed by atoms with E-state index in [1.165, 1.54) is 13.2 Å². The highest BCUT2D eigenvalue weighted by Crippen LogP contribution is 2.38. The van der Waals surface area contributed by atoms with E-state index in [1.807, 2.05) is 0 Å². The van der Waals surface area contributed by atoms with Crippen molar-refractivity contribution >= 4 is 11.6 Å². The Labute approximate surface area is 87.9 Å². The quantitative estimate of drug-likeness (QED) is 0.798. The largest absolute Gasteiger partial charge is 0.506 e. The minimum absolute atomic E-state index is 0.0367. The molecule has 4 heteroatoms. The fourth-order valence-electron chi connectivity index (χ4n) is 1.45. The Morgan fingerprint density at radius 2 is 2.07 bits per heavy atom. The molecule has 0 aromatic heterocycles. The number of methoxy groups -OCH3 is 1. The minimum Gasteiger partial charge on any atom is -0.506 e. The Kier molecular flexibility index (Phi) is 3.24. The first-order chi connectivity index (χ1) is 6.49. The Morgan fingerprint density at radius 1 is 1.50 bits per heavy atom. The summed E-state index contributed by atoms with van der Waals surface area (Å²) in [5.74, 6) is 0.407. The summed E-state index contributed by atoms with van der Waals surface area (Å²) in [5.41, 5.74) is 1.24. The van der Waals surface area contributed by atoms with Gasteiger partial charge in [-0.25, -0.2) is 0 Å². The summed E-state index contributed by atoms with van der Waals surface area (Å²) in [7, 11) is 1.48. The Balaban J connectivity index is 3.45. The van der Waals surface area contributed by atoms with Crippen molar-refractivity contribution in [2.24, 2.45) is 0 Å². The zero-order valence-corrected chi connectivity index (χ0v) is 9.09. The highest BCUT2D eigenvalue weighted by atomic mass is 35.5. The molecule has 1 rings (SSSR count). The molecule has 14 heavy (non-hydrogen) atoms. The van der Waals surface area contributed by atoms with Crippen molar-refractivity contribution in [2.75, 3.05) is 7.11 Å². The highest BCUT2D eigenvalue weighted by molar-refractivity contribution is 6.32. The molecule has 0 aliphatic carbocycles. The van der Waals surface area contributed by atoms with Gasteiger partial charge in [0.2, 0.25) is 0 Å². The second kappa shape index (κ2) is 4.07. The second-order valence-corrected chi connectivity index (χ2v) is 3.50. The Bertz CT molecular complexity index is 348. The number of hydrogen-bond acceptors (Lipinski definition) is 3. The number of ether oxygens (including phenoxy) is 1. The maximum absolute atomic E-state index is 9.51. The first-order valence-corrected chi connectivity index (χ1v) is 4.60.